The maximum Gasteiger partial charge on any atom is 0.442 e. The molecule has 0 bridgehead atoms. The molecule has 8 nitrogen and oxygen atoms in total. The Balaban J connectivity index is 1.74. The number of anilines is 1. The first-order valence-corrected chi connectivity index (χ1v) is 9.29. The van der Waals surface area contributed by atoms with Crippen LogP contribution in [0.25, 0.3) is 5.69 Å². The van der Waals surface area contributed by atoms with Crippen molar-refractivity contribution in [3.63, 3.8) is 0 Å². The van der Waals surface area contributed by atoms with Crippen LogP contribution in [0.3, 0.4) is 0 Å². The highest BCUT2D eigenvalue weighted by molar-refractivity contribution is 8.00. The molecule has 3 aromatic rings. The first-order valence-electron chi connectivity index (χ1n) is 8.41. The molecular weight excluding hydrogens is 382 g/mol. The van der Waals surface area contributed by atoms with Crippen LogP contribution in [0.2, 0.25) is 0 Å². The van der Waals surface area contributed by atoms with Crippen LogP contribution >= 0.6 is 11.8 Å². The van der Waals surface area contributed by atoms with E-state index in [2.05, 4.69) is 10.6 Å². The molecule has 28 heavy (non-hydrogen) atoms. The Hall–Kier alpha value is -3.20. The number of ether oxygens (including phenoxy) is 2. The Morgan fingerprint density at radius 1 is 1.07 bits per heavy atom. The number of nitrogens with zero attached hydrogens (tertiary/aromatic N) is 1. The lowest BCUT2D eigenvalue weighted by atomic mass is 10.3. The number of methoxy groups -OCH3 is 2. The van der Waals surface area contributed by atoms with Crippen LogP contribution in [0.15, 0.2) is 62.9 Å². The molecule has 2 aromatic carbocycles. The topological polar surface area (TPSA) is 97.4 Å². The van der Waals surface area contributed by atoms with E-state index in [4.69, 9.17) is 14.0 Å². The molecule has 1 heterocycles. The van der Waals surface area contributed by atoms with Crippen molar-refractivity contribution in [2.45, 2.75) is 17.2 Å². The zero-order chi connectivity index (χ0) is 20.1. The van der Waals surface area contributed by atoms with E-state index in [0.29, 0.717) is 22.9 Å². The second kappa shape index (κ2) is 8.66. The Kier molecular flexibility index (Phi) is 6.05. The highest BCUT2D eigenvalue weighted by Crippen LogP contribution is 2.21. The monoisotopic (exact) mass is 402 g/mol. The highest BCUT2D eigenvalue weighted by atomic mass is 32.2. The Morgan fingerprint density at radius 2 is 1.64 bits per heavy atom. The summed E-state index contributed by atoms with van der Waals surface area (Å²) in [6.45, 7) is 1.72. The van der Waals surface area contributed by atoms with Gasteiger partial charge in [-0.3, -0.25) is 9.32 Å². The summed E-state index contributed by atoms with van der Waals surface area (Å²) in [5.41, 5.74) is 0.768. The van der Waals surface area contributed by atoms with Crippen molar-refractivity contribution < 1.29 is 23.5 Å². The SMILES string of the molecule is COc1ccc(NC(=O)C(C)Sc2c(=O)o[nH][n+]2-c2ccc(OC)cc2)cc1. The third kappa shape index (κ3) is 4.37. The number of amides is 1. The zero-order valence-corrected chi connectivity index (χ0v) is 16.4. The molecule has 0 saturated heterocycles. The average molecular weight is 402 g/mol. The highest BCUT2D eigenvalue weighted by Gasteiger charge is 2.29. The fourth-order valence-electron chi connectivity index (χ4n) is 2.40. The van der Waals surface area contributed by atoms with Crippen LogP contribution in [0.4, 0.5) is 5.69 Å². The van der Waals surface area contributed by atoms with E-state index >= 15 is 0 Å². The van der Waals surface area contributed by atoms with Crippen molar-refractivity contribution in [3.8, 4) is 17.2 Å². The second-order valence-corrected chi connectivity index (χ2v) is 7.13. The summed E-state index contributed by atoms with van der Waals surface area (Å²) in [5.74, 6) is 1.15. The summed E-state index contributed by atoms with van der Waals surface area (Å²) >= 11 is 1.10. The lowest BCUT2D eigenvalue weighted by Gasteiger charge is -2.10. The van der Waals surface area contributed by atoms with E-state index in [1.807, 2.05) is 0 Å². The Bertz CT molecular complexity index is 996. The summed E-state index contributed by atoms with van der Waals surface area (Å²) in [6.07, 6.45) is 0. The molecular formula is C19H20N3O5S+. The first-order chi connectivity index (χ1) is 13.5. The maximum absolute atomic E-state index is 12.5. The summed E-state index contributed by atoms with van der Waals surface area (Å²) in [7, 11) is 3.15. The van der Waals surface area contributed by atoms with Crippen LogP contribution in [0.1, 0.15) is 6.92 Å². The number of carbonyl (C=O) groups excluding carboxylic acids is 1. The van der Waals surface area contributed by atoms with Crippen molar-refractivity contribution in [1.82, 2.24) is 5.27 Å². The summed E-state index contributed by atoms with van der Waals surface area (Å²) < 4.78 is 16.6. The first kappa shape index (κ1) is 19.6. The zero-order valence-electron chi connectivity index (χ0n) is 15.6. The van der Waals surface area contributed by atoms with Gasteiger partial charge in [-0.1, -0.05) is 0 Å². The van der Waals surface area contributed by atoms with Crippen LogP contribution in [-0.4, -0.2) is 30.6 Å². The largest absolute Gasteiger partial charge is 0.497 e. The van der Waals surface area contributed by atoms with Crippen LogP contribution in [0, 0.1) is 0 Å². The quantitative estimate of drug-likeness (QED) is 0.465. The van der Waals surface area contributed by atoms with Gasteiger partial charge in [-0.2, -0.15) is 0 Å². The lowest BCUT2D eigenvalue weighted by Crippen LogP contribution is -2.37. The van der Waals surface area contributed by atoms with Crippen molar-refractivity contribution in [1.29, 1.82) is 0 Å². The van der Waals surface area contributed by atoms with Crippen molar-refractivity contribution >= 4 is 23.4 Å². The number of hydrogen-bond acceptors (Lipinski definition) is 6. The van der Waals surface area contributed by atoms with Gasteiger partial charge in [-0.25, -0.2) is 4.79 Å². The second-order valence-electron chi connectivity index (χ2n) is 5.80. The maximum atomic E-state index is 12.5. The van der Waals surface area contributed by atoms with Gasteiger partial charge < -0.3 is 14.8 Å². The van der Waals surface area contributed by atoms with Crippen molar-refractivity contribution in [2.75, 3.05) is 19.5 Å². The standard InChI is InChI=1S/C19H19N3O5S/c1-12(17(23)20-13-4-8-15(25-2)9-5-13)28-18-19(24)27-21-22(18)14-6-10-16(26-3)11-7-14/h4-12H,1-3H3,(H-,20,21,23,24)/p+1. The van der Waals surface area contributed by atoms with E-state index in [1.54, 1.807) is 69.7 Å². The summed E-state index contributed by atoms with van der Waals surface area (Å²) in [4.78, 5) is 24.6. The number of nitrogens with one attached hydrogen (secondary N) is 2. The van der Waals surface area contributed by atoms with Crippen molar-refractivity contribution in [3.05, 3.63) is 59.0 Å². The number of hydrogen-bond donors (Lipinski definition) is 2. The molecule has 0 spiro atoms. The van der Waals surface area contributed by atoms with Gasteiger partial charge in [0.05, 0.1) is 19.5 Å². The van der Waals surface area contributed by atoms with Gasteiger partial charge in [0, 0.05) is 17.8 Å². The molecule has 3 rings (SSSR count). The van der Waals surface area contributed by atoms with E-state index in [9.17, 15) is 9.59 Å². The molecule has 1 aromatic heterocycles. The van der Waals surface area contributed by atoms with Gasteiger partial charge in [0.2, 0.25) is 11.6 Å². The number of rotatable bonds is 7. The molecule has 146 valence electrons. The van der Waals surface area contributed by atoms with Crippen molar-refractivity contribution in [2.24, 2.45) is 0 Å². The molecule has 2 N–H and O–H groups in total. The molecule has 0 aliphatic heterocycles. The van der Waals surface area contributed by atoms with E-state index in [-0.39, 0.29) is 10.9 Å². The number of carbonyl (C=O) groups is 1. The molecule has 0 saturated carbocycles. The molecule has 0 aliphatic carbocycles. The number of aromatic amines is 1. The minimum absolute atomic E-state index is 0.239. The molecule has 9 heteroatoms. The molecule has 0 aliphatic rings. The number of thioether (sulfide) groups is 1. The van der Waals surface area contributed by atoms with E-state index in [0.717, 1.165) is 11.8 Å². The van der Waals surface area contributed by atoms with Gasteiger partial charge in [0.1, 0.15) is 11.5 Å². The molecule has 1 atom stereocenters. The number of aromatic nitrogens is 2. The third-order valence-corrected chi connectivity index (χ3v) is 5.09. The third-order valence-electron chi connectivity index (χ3n) is 3.95. The van der Waals surface area contributed by atoms with Gasteiger partial charge in [-0.05, 0) is 65.0 Å². The van der Waals surface area contributed by atoms with Gasteiger partial charge in [0.15, 0.2) is 0 Å². The fourth-order valence-corrected chi connectivity index (χ4v) is 3.29. The molecule has 0 fully saturated rings. The van der Waals surface area contributed by atoms with Gasteiger partial charge >= 0.3 is 10.7 Å². The number of benzene rings is 2. The molecule has 1 amide bonds. The normalized spacial score (nSPS) is 11.7. The molecule has 1 unspecified atom stereocenters. The smallest absolute Gasteiger partial charge is 0.442 e. The van der Waals surface area contributed by atoms with Crippen LogP contribution in [0.5, 0.6) is 11.5 Å². The summed E-state index contributed by atoms with van der Waals surface area (Å²) in [6, 6.07) is 14.1. The predicted octanol–water partition coefficient (Wildman–Crippen LogP) is 2.38. The number of H-pyrrole nitrogens is 1. The minimum Gasteiger partial charge on any atom is -0.497 e. The molecule has 0 radical (unpaired) electrons. The Morgan fingerprint density at radius 3 is 2.21 bits per heavy atom. The lowest BCUT2D eigenvalue weighted by molar-refractivity contribution is -0.704. The van der Waals surface area contributed by atoms with Crippen LogP contribution < -0.4 is 25.1 Å². The average Bonchev–Trinajstić information content (AvgIpc) is 3.08. The predicted molar refractivity (Wildman–Crippen MR) is 104 cm³/mol. The Labute approximate surface area is 165 Å². The fraction of sp³-hybridized carbons (Fsp3) is 0.211. The van der Waals surface area contributed by atoms with E-state index in [1.165, 1.54) is 4.68 Å². The van der Waals surface area contributed by atoms with Gasteiger partial charge in [-0.15, -0.1) is 0 Å². The van der Waals surface area contributed by atoms with Crippen LogP contribution in [-0.2, 0) is 4.79 Å². The minimum atomic E-state index is -0.551. The summed E-state index contributed by atoms with van der Waals surface area (Å²) in [5, 5.41) is 5.10. The van der Waals surface area contributed by atoms with E-state index < -0.39 is 10.9 Å². The van der Waals surface area contributed by atoms with Gasteiger partial charge in [0.25, 0.3) is 0 Å².